The Morgan fingerprint density at radius 2 is 2.24 bits per heavy atom. The van der Waals surface area contributed by atoms with Gasteiger partial charge in [0, 0.05) is 0 Å². The van der Waals surface area contributed by atoms with Crippen LogP contribution in [0.15, 0.2) is 23.3 Å². The summed E-state index contributed by atoms with van der Waals surface area (Å²) in [7, 11) is 0. The molecule has 0 bridgehead atoms. The summed E-state index contributed by atoms with van der Waals surface area (Å²) in [4.78, 5) is 11.6. The molecule has 0 amide bonds. The van der Waals surface area contributed by atoms with E-state index in [0.717, 1.165) is 11.1 Å². The van der Waals surface area contributed by atoms with Crippen LogP contribution in [0.2, 0.25) is 0 Å². The number of carbonyl (C=O) groups is 1. The van der Waals surface area contributed by atoms with Crippen LogP contribution in [0.25, 0.3) is 0 Å². The van der Waals surface area contributed by atoms with Crippen LogP contribution in [0.1, 0.15) is 34.1 Å². The molecule has 0 saturated heterocycles. The Morgan fingerprint density at radius 1 is 1.59 bits per heavy atom. The van der Waals surface area contributed by atoms with Crippen molar-refractivity contribution in [3.05, 3.63) is 23.3 Å². The molecule has 0 aliphatic heterocycles. The Hall–Kier alpha value is -1.56. The molecular formula is C14H19NO2. The predicted octanol–water partition coefficient (Wildman–Crippen LogP) is 2.99. The molecule has 1 aliphatic rings. The third-order valence-electron chi connectivity index (χ3n) is 3.37. The quantitative estimate of drug-likeness (QED) is 0.704. The van der Waals surface area contributed by atoms with Crippen molar-refractivity contribution in [3.8, 4) is 6.07 Å². The van der Waals surface area contributed by atoms with Gasteiger partial charge in [0.25, 0.3) is 0 Å². The average Bonchev–Trinajstić information content (AvgIpc) is 2.24. The molecule has 0 N–H and O–H groups in total. The smallest absolute Gasteiger partial charge is 0.307 e. The molecule has 17 heavy (non-hydrogen) atoms. The first-order valence-electron chi connectivity index (χ1n) is 5.90. The van der Waals surface area contributed by atoms with Gasteiger partial charge in [-0.15, -0.1) is 0 Å². The number of ether oxygens (including phenoxy) is 1. The van der Waals surface area contributed by atoms with Gasteiger partial charge in [0.2, 0.25) is 0 Å². The molecule has 2 unspecified atom stereocenters. The summed E-state index contributed by atoms with van der Waals surface area (Å²) in [6, 6.07) is 2.31. The van der Waals surface area contributed by atoms with Crippen molar-refractivity contribution in [1.29, 1.82) is 5.26 Å². The molecule has 0 heterocycles. The lowest BCUT2D eigenvalue weighted by molar-refractivity contribution is -0.145. The molecule has 2 atom stereocenters. The highest BCUT2D eigenvalue weighted by atomic mass is 16.5. The molecule has 92 valence electrons. The van der Waals surface area contributed by atoms with E-state index in [9.17, 15) is 10.1 Å². The number of hydrogen-bond donors (Lipinski definition) is 0. The van der Waals surface area contributed by atoms with Crippen LogP contribution in [0.5, 0.6) is 0 Å². The predicted molar refractivity (Wildman–Crippen MR) is 66.0 cm³/mol. The molecular weight excluding hydrogens is 214 g/mol. The molecule has 0 saturated carbocycles. The fourth-order valence-electron chi connectivity index (χ4n) is 2.38. The second-order valence-corrected chi connectivity index (χ2v) is 4.59. The van der Waals surface area contributed by atoms with Crippen molar-refractivity contribution in [2.75, 3.05) is 6.61 Å². The van der Waals surface area contributed by atoms with Gasteiger partial charge in [-0.2, -0.15) is 5.26 Å². The van der Waals surface area contributed by atoms with Crippen LogP contribution in [-0.2, 0) is 9.53 Å². The van der Waals surface area contributed by atoms with E-state index in [1.165, 1.54) is 0 Å². The number of nitrogens with zero attached hydrogens (tertiary/aromatic N) is 1. The monoisotopic (exact) mass is 233 g/mol. The van der Waals surface area contributed by atoms with Gasteiger partial charge in [-0.1, -0.05) is 30.2 Å². The Morgan fingerprint density at radius 3 is 2.71 bits per heavy atom. The molecule has 1 rings (SSSR count). The zero-order valence-corrected chi connectivity index (χ0v) is 10.9. The van der Waals surface area contributed by atoms with Gasteiger partial charge in [-0.25, -0.2) is 0 Å². The SMILES string of the molecule is CCOC(=O)CC1(C#N)C(C)=CC(C)=CC1C. The first-order chi connectivity index (χ1) is 7.96. The molecule has 3 nitrogen and oxygen atoms in total. The zero-order chi connectivity index (χ0) is 13.1. The number of nitriles is 1. The maximum atomic E-state index is 11.6. The maximum absolute atomic E-state index is 11.6. The summed E-state index contributed by atoms with van der Waals surface area (Å²) >= 11 is 0. The topological polar surface area (TPSA) is 50.1 Å². The van der Waals surface area contributed by atoms with E-state index < -0.39 is 5.41 Å². The van der Waals surface area contributed by atoms with Crippen LogP contribution < -0.4 is 0 Å². The van der Waals surface area contributed by atoms with Crippen molar-refractivity contribution in [1.82, 2.24) is 0 Å². The Labute approximate surface area is 103 Å². The molecule has 0 aromatic rings. The van der Waals surface area contributed by atoms with E-state index in [1.807, 2.05) is 32.9 Å². The van der Waals surface area contributed by atoms with E-state index in [1.54, 1.807) is 6.92 Å². The maximum Gasteiger partial charge on any atom is 0.307 e. The summed E-state index contributed by atoms with van der Waals surface area (Å²) in [5.74, 6) is -0.275. The first-order valence-corrected chi connectivity index (χ1v) is 5.90. The van der Waals surface area contributed by atoms with Crippen LogP contribution in [0, 0.1) is 22.7 Å². The third kappa shape index (κ3) is 2.58. The molecule has 0 radical (unpaired) electrons. The average molecular weight is 233 g/mol. The minimum Gasteiger partial charge on any atom is -0.466 e. The molecule has 0 aromatic carbocycles. The highest BCUT2D eigenvalue weighted by Crippen LogP contribution is 2.43. The fraction of sp³-hybridized carbons (Fsp3) is 0.571. The lowest BCUT2D eigenvalue weighted by atomic mass is 9.66. The summed E-state index contributed by atoms with van der Waals surface area (Å²) < 4.78 is 4.96. The van der Waals surface area contributed by atoms with Crippen LogP contribution in [0.3, 0.4) is 0 Å². The van der Waals surface area contributed by atoms with E-state index in [0.29, 0.717) is 6.61 Å². The fourth-order valence-corrected chi connectivity index (χ4v) is 2.38. The van der Waals surface area contributed by atoms with E-state index in [-0.39, 0.29) is 18.3 Å². The van der Waals surface area contributed by atoms with E-state index in [2.05, 4.69) is 6.07 Å². The Balaban J connectivity index is 3.01. The standard InChI is InChI=1S/C14H19NO2/c1-5-17-13(16)8-14(9-15)11(3)6-10(2)7-12(14)4/h6-7,11H,5,8H2,1-4H3. The van der Waals surface area contributed by atoms with Crippen molar-refractivity contribution < 1.29 is 9.53 Å². The number of carbonyl (C=O) groups excluding carboxylic acids is 1. The molecule has 0 aromatic heterocycles. The minimum absolute atomic E-state index is 0.0295. The number of rotatable bonds is 3. The van der Waals surface area contributed by atoms with Crippen molar-refractivity contribution >= 4 is 5.97 Å². The summed E-state index contributed by atoms with van der Waals surface area (Å²) in [5, 5.41) is 9.46. The zero-order valence-electron chi connectivity index (χ0n) is 10.9. The van der Waals surface area contributed by atoms with Crippen LogP contribution >= 0.6 is 0 Å². The highest BCUT2D eigenvalue weighted by molar-refractivity contribution is 5.72. The molecule has 1 aliphatic carbocycles. The van der Waals surface area contributed by atoms with Gasteiger partial charge in [-0.3, -0.25) is 4.79 Å². The molecule has 0 fully saturated rings. The van der Waals surface area contributed by atoms with Gasteiger partial charge < -0.3 is 4.74 Å². The number of allylic oxidation sites excluding steroid dienone is 4. The first kappa shape index (κ1) is 13.5. The van der Waals surface area contributed by atoms with Gasteiger partial charge in [0.1, 0.15) is 0 Å². The summed E-state index contributed by atoms with van der Waals surface area (Å²) in [5.41, 5.74) is 1.34. The Kier molecular flexibility index (Phi) is 4.11. The van der Waals surface area contributed by atoms with Gasteiger partial charge in [0.05, 0.1) is 24.5 Å². The lowest BCUT2D eigenvalue weighted by Gasteiger charge is -2.34. The van der Waals surface area contributed by atoms with E-state index >= 15 is 0 Å². The van der Waals surface area contributed by atoms with Gasteiger partial charge >= 0.3 is 5.97 Å². The second-order valence-electron chi connectivity index (χ2n) is 4.59. The third-order valence-corrected chi connectivity index (χ3v) is 3.37. The van der Waals surface area contributed by atoms with Crippen molar-refractivity contribution in [2.45, 2.75) is 34.1 Å². The van der Waals surface area contributed by atoms with Crippen LogP contribution in [-0.4, -0.2) is 12.6 Å². The number of hydrogen-bond acceptors (Lipinski definition) is 3. The second kappa shape index (κ2) is 5.18. The number of esters is 1. The van der Waals surface area contributed by atoms with Crippen molar-refractivity contribution in [2.24, 2.45) is 11.3 Å². The molecule has 3 heteroatoms. The van der Waals surface area contributed by atoms with Crippen molar-refractivity contribution in [3.63, 3.8) is 0 Å². The minimum atomic E-state index is -0.744. The van der Waals surface area contributed by atoms with Crippen LogP contribution in [0.4, 0.5) is 0 Å². The largest absolute Gasteiger partial charge is 0.466 e. The summed E-state index contributed by atoms with van der Waals surface area (Å²) in [6.45, 7) is 8.02. The molecule has 0 spiro atoms. The van der Waals surface area contributed by atoms with Gasteiger partial charge in [-0.05, 0) is 26.7 Å². The lowest BCUT2D eigenvalue weighted by Crippen LogP contribution is -2.33. The van der Waals surface area contributed by atoms with Gasteiger partial charge in [0.15, 0.2) is 0 Å². The normalized spacial score (nSPS) is 27.8. The summed E-state index contributed by atoms with van der Waals surface area (Å²) in [6.07, 6.45) is 4.14. The highest BCUT2D eigenvalue weighted by Gasteiger charge is 2.41. The Bertz CT molecular complexity index is 414. The van der Waals surface area contributed by atoms with E-state index in [4.69, 9.17) is 4.74 Å².